The van der Waals surface area contributed by atoms with Crippen molar-refractivity contribution in [2.45, 2.75) is 79.1 Å². The molecule has 5 rings (SSSR count). The number of carbonyl (C=O) groups is 4. The van der Waals surface area contributed by atoms with Crippen molar-refractivity contribution in [3.8, 4) is 0 Å². The highest BCUT2D eigenvalue weighted by Crippen LogP contribution is 2.24. The molecule has 1 aromatic heterocycles. The van der Waals surface area contributed by atoms with Crippen LogP contribution in [-0.4, -0.2) is 59.3 Å². The van der Waals surface area contributed by atoms with E-state index in [9.17, 15) is 19.2 Å². The minimum absolute atomic E-state index is 0. The van der Waals surface area contributed by atoms with Crippen LogP contribution >= 0.6 is 0 Å². The number of amides is 4. The molecule has 4 amide bonds. The van der Waals surface area contributed by atoms with Gasteiger partial charge in [-0.1, -0.05) is 120 Å². The monoisotopic (exact) mass is 816 g/mol. The quantitative estimate of drug-likeness (QED) is 0.0591. The lowest BCUT2D eigenvalue weighted by Crippen LogP contribution is -3.00. The van der Waals surface area contributed by atoms with Crippen LogP contribution < -0.4 is 26.0 Å². The number of halogens is 1. The fourth-order valence-corrected chi connectivity index (χ4v) is 6.68. The zero-order valence-electron chi connectivity index (χ0n) is 35.5. The van der Waals surface area contributed by atoms with Crippen LogP contribution in [0.4, 0.5) is 22.7 Å². The molecule has 0 spiro atoms. The molecule has 0 unspecified atom stereocenters. The SMILES string of the molecule is CCCC[N+](CCCC)(CCCC)CCCC.O=C(Nc1ccccc1NC(=O)c1cccc(C(=O)Nc2ccccc2NC(=O)c2ccccc2)n1)c1ccccc1.[F-]. The summed E-state index contributed by atoms with van der Waals surface area (Å²) in [5.41, 5.74) is 2.49. The maximum atomic E-state index is 13.1. The molecule has 4 aromatic carbocycles. The first kappa shape index (κ1) is 48.2. The highest BCUT2D eigenvalue weighted by molar-refractivity contribution is 6.11. The fraction of sp³-hybridized carbons (Fsp3) is 0.327. The summed E-state index contributed by atoms with van der Waals surface area (Å²) in [5, 5.41) is 11.1. The van der Waals surface area contributed by atoms with Crippen LogP contribution in [0.5, 0.6) is 0 Å². The van der Waals surface area contributed by atoms with Gasteiger partial charge in [0.05, 0.1) is 48.9 Å². The lowest BCUT2D eigenvalue weighted by Gasteiger charge is -2.39. The Kier molecular flexibility index (Phi) is 20.9. The number of pyridine rings is 1. The number of hydrogen-bond donors (Lipinski definition) is 4. The van der Waals surface area contributed by atoms with Crippen molar-refractivity contribution >= 4 is 46.4 Å². The van der Waals surface area contributed by atoms with Crippen molar-refractivity contribution in [1.82, 2.24) is 4.98 Å². The minimum Gasteiger partial charge on any atom is -1.00 e. The molecule has 0 aliphatic heterocycles. The summed E-state index contributed by atoms with van der Waals surface area (Å²) < 4.78 is 1.42. The number of benzene rings is 4. The van der Waals surface area contributed by atoms with E-state index in [1.807, 2.05) is 12.1 Å². The molecule has 0 aliphatic carbocycles. The summed E-state index contributed by atoms with van der Waals surface area (Å²) >= 11 is 0. The van der Waals surface area contributed by atoms with E-state index in [1.54, 1.807) is 103 Å². The van der Waals surface area contributed by atoms with E-state index >= 15 is 0 Å². The number of rotatable bonds is 20. The van der Waals surface area contributed by atoms with E-state index in [0.29, 0.717) is 33.9 Å². The normalized spacial score (nSPS) is 10.6. The standard InChI is InChI=1S/C33H25N5O4.C16H36N.FH/c39-30(22-12-3-1-4-13-22)35-24-16-7-9-18-26(24)37-32(41)28-20-11-21-29(34-28)33(42)38-27-19-10-8-17-25(27)36-31(40)23-14-5-2-6-15-23;1-5-9-13-17(14-10-6-2,15-11-7-3)16-12-8-4;/h1-21H,(H,35,39)(H,36,40)(H,37,41)(H,38,42);5-16H2,1-4H3;1H/q;+1;/p-1. The van der Waals surface area contributed by atoms with Gasteiger partial charge < -0.3 is 30.5 Å². The Hall–Kier alpha value is -6.20. The number of hydrogen-bond acceptors (Lipinski definition) is 5. The van der Waals surface area contributed by atoms with Gasteiger partial charge in [0, 0.05) is 11.1 Å². The predicted molar refractivity (Wildman–Crippen MR) is 241 cm³/mol. The molecular weight excluding hydrogens is 756 g/mol. The van der Waals surface area contributed by atoms with E-state index in [2.05, 4.69) is 53.9 Å². The van der Waals surface area contributed by atoms with Gasteiger partial charge in [-0.05, 0) is 86.3 Å². The molecule has 0 atom stereocenters. The number of nitrogens with zero attached hydrogens (tertiary/aromatic N) is 2. The summed E-state index contributed by atoms with van der Waals surface area (Å²) in [6.45, 7) is 15.0. The average molecular weight is 817 g/mol. The molecule has 11 heteroatoms. The molecule has 0 saturated carbocycles. The van der Waals surface area contributed by atoms with Gasteiger partial charge in [0.15, 0.2) is 0 Å². The Bertz CT molecular complexity index is 1920. The molecule has 4 N–H and O–H groups in total. The number of para-hydroxylation sites is 4. The van der Waals surface area contributed by atoms with Gasteiger partial charge in [-0.2, -0.15) is 0 Å². The Balaban J connectivity index is 0.000000454. The third kappa shape index (κ3) is 15.2. The van der Waals surface area contributed by atoms with Crippen molar-refractivity contribution in [1.29, 1.82) is 0 Å². The number of anilines is 4. The highest BCUT2D eigenvalue weighted by Gasteiger charge is 2.25. The topological polar surface area (TPSA) is 129 Å². The van der Waals surface area contributed by atoms with Crippen LogP contribution in [0, 0.1) is 0 Å². The Morgan fingerprint density at radius 2 is 0.683 bits per heavy atom. The van der Waals surface area contributed by atoms with E-state index in [0.717, 1.165) is 0 Å². The van der Waals surface area contributed by atoms with E-state index < -0.39 is 11.8 Å². The molecule has 10 nitrogen and oxygen atoms in total. The summed E-state index contributed by atoms with van der Waals surface area (Å²) in [5.74, 6) is -1.79. The second-order valence-electron chi connectivity index (χ2n) is 14.7. The molecular formula is C49H61FN6O4. The predicted octanol–water partition coefficient (Wildman–Crippen LogP) is 8.10. The lowest BCUT2D eigenvalue weighted by atomic mass is 10.1. The molecule has 60 heavy (non-hydrogen) atoms. The average Bonchev–Trinajstić information content (AvgIpc) is 3.28. The van der Waals surface area contributed by atoms with Crippen molar-refractivity contribution < 1.29 is 28.4 Å². The van der Waals surface area contributed by atoms with Gasteiger partial charge in [-0.25, -0.2) is 4.98 Å². The van der Waals surface area contributed by atoms with Gasteiger partial charge in [-0.3, -0.25) is 19.2 Å². The highest BCUT2D eigenvalue weighted by atomic mass is 19.0. The van der Waals surface area contributed by atoms with E-state index in [-0.39, 0.29) is 27.9 Å². The van der Waals surface area contributed by atoms with Crippen molar-refractivity contribution in [2.24, 2.45) is 0 Å². The molecule has 318 valence electrons. The van der Waals surface area contributed by atoms with Crippen molar-refractivity contribution in [3.05, 3.63) is 150 Å². The number of aromatic nitrogens is 1. The van der Waals surface area contributed by atoms with Crippen molar-refractivity contribution in [3.63, 3.8) is 0 Å². The lowest BCUT2D eigenvalue weighted by molar-refractivity contribution is -0.929. The zero-order valence-corrected chi connectivity index (χ0v) is 35.5. The summed E-state index contributed by atoms with van der Waals surface area (Å²) in [7, 11) is 0. The molecule has 5 aromatic rings. The Morgan fingerprint density at radius 1 is 0.400 bits per heavy atom. The maximum absolute atomic E-state index is 13.1. The molecule has 0 aliphatic rings. The second-order valence-corrected chi connectivity index (χ2v) is 14.7. The molecule has 0 fully saturated rings. The van der Waals surface area contributed by atoms with Gasteiger partial charge in [-0.15, -0.1) is 0 Å². The molecule has 0 bridgehead atoms. The third-order valence-corrected chi connectivity index (χ3v) is 10.1. The smallest absolute Gasteiger partial charge is 0.274 e. The van der Waals surface area contributed by atoms with E-state index in [1.165, 1.54) is 94.2 Å². The van der Waals surface area contributed by atoms with Gasteiger partial charge in [0.25, 0.3) is 23.6 Å². The summed E-state index contributed by atoms with van der Waals surface area (Å²) in [4.78, 5) is 55.7. The molecule has 0 saturated heterocycles. The van der Waals surface area contributed by atoms with Crippen LogP contribution in [0.25, 0.3) is 0 Å². The van der Waals surface area contributed by atoms with Gasteiger partial charge >= 0.3 is 0 Å². The summed E-state index contributed by atoms with van der Waals surface area (Å²) in [6.07, 6.45) is 11.1. The Morgan fingerprint density at radius 3 is 0.983 bits per heavy atom. The first-order valence-corrected chi connectivity index (χ1v) is 21.1. The number of quaternary nitrogens is 1. The van der Waals surface area contributed by atoms with Crippen LogP contribution in [0.15, 0.2) is 127 Å². The van der Waals surface area contributed by atoms with Crippen LogP contribution in [0.1, 0.15) is 121 Å². The van der Waals surface area contributed by atoms with Crippen molar-refractivity contribution in [2.75, 3.05) is 47.4 Å². The Labute approximate surface area is 355 Å². The molecule has 0 radical (unpaired) electrons. The fourth-order valence-electron chi connectivity index (χ4n) is 6.68. The largest absolute Gasteiger partial charge is 1.00 e. The zero-order chi connectivity index (χ0) is 42.3. The number of unbranched alkanes of at least 4 members (excludes halogenated alkanes) is 4. The summed E-state index contributed by atoms with van der Waals surface area (Å²) in [6, 6.07) is 35.5. The van der Waals surface area contributed by atoms with Crippen LogP contribution in [0.3, 0.4) is 0 Å². The van der Waals surface area contributed by atoms with Gasteiger partial charge in [0.2, 0.25) is 0 Å². The second kappa shape index (κ2) is 26.0. The first-order valence-electron chi connectivity index (χ1n) is 21.1. The number of nitrogens with one attached hydrogen (secondary N) is 4. The van der Waals surface area contributed by atoms with E-state index in [4.69, 9.17) is 0 Å². The third-order valence-electron chi connectivity index (χ3n) is 10.1. The first-order chi connectivity index (χ1) is 28.7. The molecule has 1 heterocycles. The van der Waals surface area contributed by atoms with Crippen LogP contribution in [-0.2, 0) is 0 Å². The minimum atomic E-state index is -0.568. The van der Waals surface area contributed by atoms with Gasteiger partial charge in [0.1, 0.15) is 11.4 Å². The maximum Gasteiger partial charge on any atom is 0.274 e. The number of carbonyl (C=O) groups excluding carboxylic acids is 4. The van der Waals surface area contributed by atoms with Crippen LogP contribution in [0.2, 0.25) is 0 Å².